The monoisotopic (exact) mass is 414 g/mol. The molecule has 1 fully saturated rings. The molecule has 0 bridgehead atoms. The number of halogens is 1. The quantitative estimate of drug-likeness (QED) is 0.761. The van der Waals surface area contributed by atoms with Crippen LogP contribution in [0, 0.1) is 5.92 Å². The highest BCUT2D eigenvalue weighted by molar-refractivity contribution is 7.90. The predicted molar refractivity (Wildman–Crippen MR) is 108 cm³/mol. The van der Waals surface area contributed by atoms with Crippen LogP contribution < -0.4 is 10.0 Å². The van der Waals surface area contributed by atoms with E-state index < -0.39 is 16.1 Å². The number of fused-ring (bicyclic) bond motifs is 1. The van der Waals surface area contributed by atoms with Crippen LogP contribution in [0.25, 0.3) is 0 Å². The number of nitrogens with one attached hydrogen (secondary N) is 2. The van der Waals surface area contributed by atoms with Gasteiger partial charge in [-0.25, -0.2) is 8.42 Å². The summed E-state index contributed by atoms with van der Waals surface area (Å²) in [5.74, 6) is 0.456. The van der Waals surface area contributed by atoms with Gasteiger partial charge < -0.3 is 10.2 Å². The second-order valence-electron chi connectivity index (χ2n) is 7.32. The van der Waals surface area contributed by atoms with Crippen molar-refractivity contribution in [1.82, 2.24) is 14.9 Å². The molecule has 0 radical (unpaired) electrons. The molecule has 0 spiro atoms. The number of benzene rings is 1. The minimum Gasteiger partial charge on any atom is -0.340 e. The van der Waals surface area contributed by atoms with Crippen LogP contribution in [0.1, 0.15) is 32.3 Å². The highest BCUT2D eigenvalue weighted by Gasteiger charge is 2.34. The number of carbonyl (C=O) groups is 1. The zero-order valence-electron chi connectivity index (χ0n) is 15.8. The number of likely N-dealkylation sites (N-methyl/N-ethyl adjacent to an activating group) is 1. The van der Waals surface area contributed by atoms with Crippen LogP contribution in [0.15, 0.2) is 34.2 Å². The summed E-state index contributed by atoms with van der Waals surface area (Å²) >= 11 is 0. The molecular weight excluding hydrogens is 388 g/mol. The Kier molecular flexibility index (Phi) is 6.88. The Morgan fingerprint density at radius 2 is 2.04 bits per heavy atom. The van der Waals surface area contributed by atoms with E-state index in [9.17, 15) is 13.2 Å². The Labute approximate surface area is 167 Å². The Morgan fingerprint density at radius 3 is 2.67 bits per heavy atom. The number of rotatable bonds is 5. The van der Waals surface area contributed by atoms with E-state index in [1.165, 1.54) is 0 Å². The van der Waals surface area contributed by atoms with Crippen molar-refractivity contribution in [3.05, 3.63) is 29.8 Å². The maximum atomic E-state index is 13.0. The molecule has 0 saturated carbocycles. The van der Waals surface area contributed by atoms with Crippen LogP contribution in [-0.4, -0.2) is 57.3 Å². The van der Waals surface area contributed by atoms with Gasteiger partial charge in [0.05, 0.1) is 4.90 Å². The van der Waals surface area contributed by atoms with Gasteiger partial charge in [-0.1, -0.05) is 26.0 Å². The molecule has 150 valence electrons. The van der Waals surface area contributed by atoms with Gasteiger partial charge in [-0.2, -0.15) is 0 Å². The summed E-state index contributed by atoms with van der Waals surface area (Å²) in [6.07, 6.45) is 1.49. The van der Waals surface area contributed by atoms with E-state index in [4.69, 9.17) is 0 Å². The fourth-order valence-corrected chi connectivity index (χ4v) is 4.66. The Morgan fingerprint density at radius 1 is 1.33 bits per heavy atom. The van der Waals surface area contributed by atoms with Crippen LogP contribution in [0.4, 0.5) is 0 Å². The molecule has 2 atom stereocenters. The number of hydrogen-bond acceptors (Lipinski definition) is 5. The third-order valence-electron chi connectivity index (χ3n) is 4.86. The topological polar surface area (TPSA) is 90.9 Å². The minimum atomic E-state index is -3.61. The lowest BCUT2D eigenvalue weighted by Crippen LogP contribution is -2.44. The largest absolute Gasteiger partial charge is 0.340 e. The van der Waals surface area contributed by atoms with Gasteiger partial charge in [0.1, 0.15) is 11.9 Å². The SMILES string of the molecule is CC(C)CC(N=C1NS(=O)(=O)c2ccccc21)C(=O)N(C)C1CCNC1.Cl. The lowest BCUT2D eigenvalue weighted by Gasteiger charge is -2.27. The average Bonchev–Trinajstić information content (AvgIpc) is 3.20. The van der Waals surface area contributed by atoms with E-state index in [0.717, 1.165) is 19.5 Å². The standard InChI is InChI=1S/C18H26N4O3S.ClH/c1-12(2)10-15(18(23)22(3)13-8-9-19-11-13)20-17-14-6-4-5-7-16(14)26(24,25)21-17;/h4-7,12-13,15,19H,8-11H2,1-3H3,(H,20,21);1H. The summed E-state index contributed by atoms with van der Waals surface area (Å²) < 4.78 is 27.1. The smallest absolute Gasteiger partial charge is 0.263 e. The molecule has 1 saturated heterocycles. The van der Waals surface area contributed by atoms with Gasteiger partial charge in [-0.15, -0.1) is 12.4 Å². The Hall–Kier alpha value is -1.64. The predicted octanol–water partition coefficient (Wildman–Crippen LogP) is 1.38. The van der Waals surface area contributed by atoms with Crippen LogP contribution in [0.2, 0.25) is 0 Å². The first-order chi connectivity index (χ1) is 12.3. The zero-order chi connectivity index (χ0) is 18.9. The molecule has 1 aromatic carbocycles. The van der Waals surface area contributed by atoms with E-state index in [0.29, 0.717) is 12.0 Å². The fourth-order valence-electron chi connectivity index (χ4n) is 3.43. The van der Waals surface area contributed by atoms with Crippen molar-refractivity contribution < 1.29 is 13.2 Å². The minimum absolute atomic E-state index is 0. The molecule has 2 aliphatic heterocycles. The van der Waals surface area contributed by atoms with Crippen LogP contribution >= 0.6 is 12.4 Å². The maximum absolute atomic E-state index is 13.0. The number of amidine groups is 1. The van der Waals surface area contributed by atoms with Gasteiger partial charge in [-0.05, 0) is 37.4 Å². The van der Waals surface area contributed by atoms with Gasteiger partial charge in [0.15, 0.2) is 0 Å². The van der Waals surface area contributed by atoms with Gasteiger partial charge in [0, 0.05) is 25.2 Å². The number of hydrogen-bond donors (Lipinski definition) is 2. The first kappa shape index (κ1) is 21.7. The second kappa shape index (κ2) is 8.58. The van der Waals surface area contributed by atoms with Crippen molar-refractivity contribution in [3.63, 3.8) is 0 Å². The highest BCUT2D eigenvalue weighted by atomic mass is 35.5. The third-order valence-corrected chi connectivity index (χ3v) is 6.25. The molecule has 1 aromatic rings. The van der Waals surface area contributed by atoms with Crippen molar-refractivity contribution in [1.29, 1.82) is 0 Å². The first-order valence-electron chi connectivity index (χ1n) is 8.97. The normalized spacial score (nSPS) is 22.8. The molecule has 9 heteroatoms. The summed E-state index contributed by atoms with van der Waals surface area (Å²) in [5, 5.41) is 3.26. The summed E-state index contributed by atoms with van der Waals surface area (Å²) in [6.45, 7) is 5.75. The second-order valence-corrected chi connectivity index (χ2v) is 8.97. The van der Waals surface area contributed by atoms with Gasteiger partial charge in [0.2, 0.25) is 5.91 Å². The molecule has 7 nitrogen and oxygen atoms in total. The van der Waals surface area contributed by atoms with E-state index in [-0.39, 0.29) is 41.0 Å². The first-order valence-corrected chi connectivity index (χ1v) is 10.5. The van der Waals surface area contributed by atoms with E-state index in [1.807, 2.05) is 13.8 Å². The van der Waals surface area contributed by atoms with Crippen molar-refractivity contribution in [2.75, 3.05) is 20.1 Å². The Balaban J connectivity index is 0.00000261. The zero-order valence-corrected chi connectivity index (χ0v) is 17.4. The number of sulfonamides is 1. The number of aliphatic imine (C=N–C) groups is 1. The fraction of sp³-hybridized carbons (Fsp3) is 0.556. The average molecular weight is 415 g/mol. The molecule has 2 N–H and O–H groups in total. The summed E-state index contributed by atoms with van der Waals surface area (Å²) in [7, 11) is -1.80. The van der Waals surface area contributed by atoms with Crippen LogP contribution in [-0.2, 0) is 14.8 Å². The molecule has 2 aliphatic rings. The number of nitrogens with zero attached hydrogens (tertiary/aromatic N) is 2. The lowest BCUT2D eigenvalue weighted by molar-refractivity contribution is -0.133. The molecule has 0 aromatic heterocycles. The van der Waals surface area contributed by atoms with Crippen molar-refractivity contribution in [3.8, 4) is 0 Å². The maximum Gasteiger partial charge on any atom is 0.263 e. The van der Waals surface area contributed by atoms with Gasteiger partial charge >= 0.3 is 0 Å². The Bertz CT molecular complexity index is 820. The number of amides is 1. The molecule has 2 unspecified atom stereocenters. The third kappa shape index (κ3) is 4.62. The van der Waals surface area contributed by atoms with E-state index in [1.54, 1.807) is 36.2 Å². The van der Waals surface area contributed by atoms with Crippen molar-refractivity contribution >= 4 is 34.2 Å². The highest BCUT2D eigenvalue weighted by Crippen LogP contribution is 2.24. The molecule has 27 heavy (non-hydrogen) atoms. The molecule has 0 aliphatic carbocycles. The van der Waals surface area contributed by atoms with Crippen molar-refractivity contribution in [2.24, 2.45) is 10.9 Å². The van der Waals surface area contributed by atoms with E-state index >= 15 is 0 Å². The molecular formula is C18H27ClN4O3S. The summed E-state index contributed by atoms with van der Waals surface area (Å²) in [5.41, 5.74) is 0.527. The summed E-state index contributed by atoms with van der Waals surface area (Å²) in [4.78, 5) is 19.6. The molecule has 1 amide bonds. The van der Waals surface area contributed by atoms with Crippen LogP contribution in [0.3, 0.4) is 0 Å². The summed E-state index contributed by atoms with van der Waals surface area (Å²) in [6, 6.07) is 6.27. The van der Waals surface area contributed by atoms with Crippen molar-refractivity contribution in [2.45, 2.75) is 43.7 Å². The van der Waals surface area contributed by atoms with Gasteiger partial charge in [0.25, 0.3) is 10.0 Å². The van der Waals surface area contributed by atoms with Crippen LogP contribution in [0.5, 0.6) is 0 Å². The van der Waals surface area contributed by atoms with E-state index in [2.05, 4.69) is 15.0 Å². The van der Waals surface area contributed by atoms with Gasteiger partial charge in [-0.3, -0.25) is 14.5 Å². The molecule has 2 heterocycles. The lowest BCUT2D eigenvalue weighted by atomic mass is 10.0. The molecule has 3 rings (SSSR count). The number of carbonyl (C=O) groups excluding carboxylic acids is 1.